The third-order valence-corrected chi connectivity index (χ3v) is 6.18. The van der Waals surface area contributed by atoms with Crippen molar-refractivity contribution in [2.75, 3.05) is 26.9 Å². The maximum atomic E-state index is 12.7. The minimum absolute atomic E-state index is 0.0385. The number of aliphatic carboxylic acids is 1. The van der Waals surface area contributed by atoms with Crippen LogP contribution in [0.25, 0.3) is 11.1 Å². The minimum atomic E-state index is -1.13. The Morgan fingerprint density at radius 2 is 1.59 bits per heavy atom. The Labute approximate surface area is 199 Å². The average Bonchev–Trinajstić information content (AvgIpc) is 3.14. The van der Waals surface area contributed by atoms with Crippen LogP contribution in [0, 0.1) is 11.8 Å². The molecule has 2 atom stereocenters. The zero-order valence-corrected chi connectivity index (χ0v) is 19.7. The lowest BCUT2D eigenvalue weighted by Gasteiger charge is -2.23. The van der Waals surface area contributed by atoms with Crippen molar-refractivity contribution in [1.82, 2.24) is 10.6 Å². The molecule has 2 aromatic carbocycles. The number of ether oxygens (including phenoxy) is 2. The van der Waals surface area contributed by atoms with E-state index in [4.69, 9.17) is 9.47 Å². The highest BCUT2D eigenvalue weighted by molar-refractivity contribution is 5.85. The number of carbonyl (C=O) groups is 3. The third kappa shape index (κ3) is 5.94. The van der Waals surface area contributed by atoms with Gasteiger partial charge < -0.3 is 25.2 Å². The molecular formula is C26H32N2O6. The van der Waals surface area contributed by atoms with E-state index in [0.29, 0.717) is 0 Å². The normalized spacial score (nSPS) is 14.1. The number of amides is 2. The molecule has 8 nitrogen and oxygen atoms in total. The molecule has 2 aromatic rings. The topological polar surface area (TPSA) is 114 Å². The summed E-state index contributed by atoms with van der Waals surface area (Å²) >= 11 is 0. The quantitative estimate of drug-likeness (QED) is 0.466. The second-order valence-electron chi connectivity index (χ2n) is 8.74. The smallest absolute Gasteiger partial charge is 0.407 e. The fourth-order valence-electron chi connectivity index (χ4n) is 4.25. The van der Waals surface area contributed by atoms with Crippen molar-refractivity contribution in [3.8, 4) is 11.1 Å². The van der Waals surface area contributed by atoms with Gasteiger partial charge in [-0.25, -0.2) is 9.59 Å². The highest BCUT2D eigenvalue weighted by Crippen LogP contribution is 2.44. The molecule has 0 radical (unpaired) electrons. The number of nitrogens with one attached hydrogen (secondary N) is 2. The lowest BCUT2D eigenvalue weighted by molar-refractivity contribution is -0.143. The first-order valence-electron chi connectivity index (χ1n) is 11.4. The molecule has 0 aliphatic heterocycles. The zero-order valence-electron chi connectivity index (χ0n) is 19.7. The van der Waals surface area contributed by atoms with Crippen molar-refractivity contribution in [2.24, 2.45) is 11.8 Å². The highest BCUT2D eigenvalue weighted by Gasteiger charge is 2.30. The summed E-state index contributed by atoms with van der Waals surface area (Å²) in [6, 6.07) is 15.1. The standard InChI is InChI=1S/C26H32N2O6/c1-16(2)21(24(29)28-23(25(30)31)12-13-33-3)14-27-26(32)34-15-22-19-10-6-4-8-17(19)18-9-5-7-11-20(18)22/h4-11,16,21-23H,12-15H2,1-3H3,(H,27,32)(H,28,29)(H,30,31). The molecule has 2 amide bonds. The maximum absolute atomic E-state index is 12.7. The van der Waals surface area contributed by atoms with E-state index in [9.17, 15) is 19.5 Å². The second-order valence-corrected chi connectivity index (χ2v) is 8.74. The Balaban J connectivity index is 1.57. The van der Waals surface area contributed by atoms with Crippen molar-refractivity contribution in [3.63, 3.8) is 0 Å². The number of fused-ring (bicyclic) bond motifs is 3. The number of carboxylic acid groups (broad SMARTS) is 1. The van der Waals surface area contributed by atoms with Crippen molar-refractivity contribution >= 4 is 18.0 Å². The molecule has 182 valence electrons. The van der Waals surface area contributed by atoms with Gasteiger partial charge in [0.25, 0.3) is 0 Å². The van der Waals surface area contributed by atoms with E-state index in [1.165, 1.54) is 7.11 Å². The van der Waals surface area contributed by atoms with Gasteiger partial charge in [-0.1, -0.05) is 62.4 Å². The van der Waals surface area contributed by atoms with Gasteiger partial charge in [-0.15, -0.1) is 0 Å². The summed E-state index contributed by atoms with van der Waals surface area (Å²) in [6.07, 6.45) is -0.461. The molecule has 1 aliphatic rings. The van der Waals surface area contributed by atoms with Crippen LogP contribution in [0.4, 0.5) is 4.79 Å². The number of benzene rings is 2. The number of hydrogen-bond donors (Lipinski definition) is 3. The monoisotopic (exact) mass is 468 g/mol. The van der Waals surface area contributed by atoms with Crippen LogP contribution in [0.15, 0.2) is 48.5 Å². The van der Waals surface area contributed by atoms with E-state index >= 15 is 0 Å². The van der Waals surface area contributed by atoms with E-state index in [0.717, 1.165) is 22.3 Å². The van der Waals surface area contributed by atoms with Crippen LogP contribution in [-0.4, -0.2) is 56.0 Å². The molecule has 34 heavy (non-hydrogen) atoms. The van der Waals surface area contributed by atoms with Crippen molar-refractivity contribution in [3.05, 3.63) is 59.7 Å². The van der Waals surface area contributed by atoms with E-state index in [-0.39, 0.29) is 38.0 Å². The first kappa shape index (κ1) is 25.2. The summed E-state index contributed by atoms with van der Waals surface area (Å²) in [7, 11) is 1.47. The summed E-state index contributed by atoms with van der Waals surface area (Å²) < 4.78 is 10.4. The molecule has 0 bridgehead atoms. The molecule has 0 saturated heterocycles. The van der Waals surface area contributed by atoms with Gasteiger partial charge in [0.05, 0.1) is 5.92 Å². The molecule has 8 heteroatoms. The summed E-state index contributed by atoms with van der Waals surface area (Å²) in [6.45, 7) is 4.11. The molecule has 2 unspecified atom stereocenters. The Morgan fingerprint density at radius 1 is 1.00 bits per heavy atom. The molecule has 0 saturated carbocycles. The number of alkyl carbamates (subject to hydrolysis) is 1. The lowest BCUT2D eigenvalue weighted by atomic mass is 9.94. The molecule has 0 spiro atoms. The van der Waals surface area contributed by atoms with Crippen molar-refractivity contribution < 1.29 is 29.0 Å². The first-order chi connectivity index (χ1) is 16.3. The summed E-state index contributed by atoms with van der Waals surface area (Å²) in [4.78, 5) is 36.6. The van der Waals surface area contributed by atoms with Crippen LogP contribution in [0.2, 0.25) is 0 Å². The Bertz CT molecular complexity index is 976. The largest absolute Gasteiger partial charge is 0.480 e. The number of methoxy groups -OCH3 is 1. The Hall–Kier alpha value is -3.39. The van der Waals surface area contributed by atoms with E-state index in [2.05, 4.69) is 22.8 Å². The number of rotatable bonds is 11. The van der Waals surface area contributed by atoms with Crippen LogP contribution in [0.1, 0.15) is 37.3 Å². The van der Waals surface area contributed by atoms with Gasteiger partial charge in [0.2, 0.25) is 5.91 Å². The second kappa shape index (κ2) is 11.7. The highest BCUT2D eigenvalue weighted by atomic mass is 16.5. The van der Waals surface area contributed by atoms with Gasteiger partial charge in [0.15, 0.2) is 0 Å². The third-order valence-electron chi connectivity index (χ3n) is 6.18. The van der Waals surface area contributed by atoms with Crippen LogP contribution in [-0.2, 0) is 19.1 Å². The van der Waals surface area contributed by atoms with Gasteiger partial charge in [-0.05, 0) is 28.2 Å². The van der Waals surface area contributed by atoms with Gasteiger partial charge in [0, 0.05) is 32.6 Å². The summed E-state index contributed by atoms with van der Waals surface area (Å²) in [5.74, 6) is -2.34. The van der Waals surface area contributed by atoms with Gasteiger partial charge in [-0.2, -0.15) is 0 Å². The van der Waals surface area contributed by atoms with Crippen LogP contribution in [0.3, 0.4) is 0 Å². The van der Waals surface area contributed by atoms with Gasteiger partial charge in [0.1, 0.15) is 12.6 Å². The maximum Gasteiger partial charge on any atom is 0.407 e. The Morgan fingerprint density at radius 3 is 2.12 bits per heavy atom. The number of hydrogen-bond acceptors (Lipinski definition) is 5. The van der Waals surface area contributed by atoms with Crippen molar-refractivity contribution in [2.45, 2.75) is 32.2 Å². The van der Waals surface area contributed by atoms with Gasteiger partial charge in [-0.3, -0.25) is 4.79 Å². The van der Waals surface area contributed by atoms with E-state index in [1.807, 2.05) is 50.2 Å². The molecule has 0 fully saturated rings. The molecule has 1 aliphatic carbocycles. The fourth-order valence-corrected chi connectivity index (χ4v) is 4.25. The fraction of sp³-hybridized carbons (Fsp3) is 0.423. The van der Waals surface area contributed by atoms with E-state index < -0.39 is 29.9 Å². The van der Waals surface area contributed by atoms with Crippen molar-refractivity contribution in [1.29, 1.82) is 0 Å². The molecule has 0 aromatic heterocycles. The number of carbonyl (C=O) groups excluding carboxylic acids is 2. The van der Waals surface area contributed by atoms with E-state index in [1.54, 1.807) is 0 Å². The van der Waals surface area contributed by atoms with Crippen LogP contribution < -0.4 is 10.6 Å². The molecule has 3 rings (SSSR count). The minimum Gasteiger partial charge on any atom is -0.480 e. The van der Waals surface area contributed by atoms with Crippen LogP contribution in [0.5, 0.6) is 0 Å². The predicted molar refractivity (Wildman–Crippen MR) is 127 cm³/mol. The van der Waals surface area contributed by atoms with Gasteiger partial charge >= 0.3 is 12.1 Å². The van der Waals surface area contributed by atoms with Crippen LogP contribution >= 0.6 is 0 Å². The molecular weight excluding hydrogens is 436 g/mol. The molecule has 0 heterocycles. The molecule has 3 N–H and O–H groups in total. The number of carboxylic acids is 1. The summed E-state index contributed by atoms with van der Waals surface area (Å²) in [5, 5.41) is 14.6. The first-order valence-corrected chi connectivity index (χ1v) is 11.4. The summed E-state index contributed by atoms with van der Waals surface area (Å²) in [5.41, 5.74) is 4.52. The predicted octanol–water partition coefficient (Wildman–Crippen LogP) is 3.40. The zero-order chi connectivity index (χ0) is 24.7. The lowest BCUT2D eigenvalue weighted by Crippen LogP contribution is -2.48. The Kier molecular flexibility index (Phi) is 8.65. The SMILES string of the molecule is COCCC(NC(=O)C(CNC(=O)OCC1c2ccccc2-c2ccccc21)C(C)C)C(=O)O. The average molecular weight is 469 g/mol.